The van der Waals surface area contributed by atoms with E-state index in [4.69, 9.17) is 0 Å². The third-order valence-corrected chi connectivity index (χ3v) is 4.25. The van der Waals surface area contributed by atoms with Gasteiger partial charge in [-0.3, -0.25) is 0 Å². The van der Waals surface area contributed by atoms with Crippen LogP contribution in [0.25, 0.3) is 11.3 Å². The summed E-state index contributed by atoms with van der Waals surface area (Å²) in [7, 11) is 0. The first-order chi connectivity index (χ1) is 11.1. The molecule has 1 aromatic heterocycles. The van der Waals surface area contributed by atoms with Crippen LogP contribution in [0.3, 0.4) is 0 Å². The number of anilines is 2. The maximum absolute atomic E-state index is 12.9. The molecule has 0 atom stereocenters. The Balaban J connectivity index is 1.72. The number of hydrogen-bond acceptors (Lipinski definition) is 3. The smallest absolute Gasteiger partial charge is 0.187 e. The van der Waals surface area contributed by atoms with Crippen molar-refractivity contribution in [3.8, 4) is 11.3 Å². The zero-order valence-corrected chi connectivity index (χ0v) is 14.0. The number of nitrogens with zero attached hydrogens (tertiary/aromatic N) is 1. The molecule has 0 unspecified atom stereocenters. The van der Waals surface area contributed by atoms with E-state index in [2.05, 4.69) is 48.4 Å². The Kier molecular flexibility index (Phi) is 4.72. The van der Waals surface area contributed by atoms with Gasteiger partial charge in [-0.05, 0) is 42.2 Å². The van der Waals surface area contributed by atoms with Crippen molar-refractivity contribution < 1.29 is 4.39 Å². The highest BCUT2D eigenvalue weighted by Crippen LogP contribution is 2.27. The van der Waals surface area contributed by atoms with Gasteiger partial charge < -0.3 is 5.32 Å². The monoisotopic (exact) mass is 326 g/mol. The number of aromatic nitrogens is 1. The Morgan fingerprint density at radius 2 is 1.74 bits per heavy atom. The van der Waals surface area contributed by atoms with Crippen LogP contribution >= 0.6 is 11.3 Å². The fourth-order valence-corrected chi connectivity index (χ4v) is 3.14. The molecular formula is C19H19FN2S. The number of thiazole rings is 1. The van der Waals surface area contributed by atoms with E-state index < -0.39 is 0 Å². The predicted octanol–water partition coefficient (Wildman–Crippen LogP) is 5.89. The molecule has 0 spiro atoms. The van der Waals surface area contributed by atoms with Crippen molar-refractivity contribution in [1.82, 2.24) is 4.98 Å². The van der Waals surface area contributed by atoms with Crippen LogP contribution in [0.2, 0.25) is 0 Å². The summed E-state index contributed by atoms with van der Waals surface area (Å²) >= 11 is 1.54. The zero-order chi connectivity index (χ0) is 16.2. The summed E-state index contributed by atoms with van der Waals surface area (Å²) in [5.41, 5.74) is 4.25. The summed E-state index contributed by atoms with van der Waals surface area (Å²) in [5.74, 6) is 0.420. The molecule has 0 aliphatic rings. The first-order valence-corrected chi connectivity index (χ1v) is 8.55. The second-order valence-corrected chi connectivity index (χ2v) is 6.82. The van der Waals surface area contributed by atoms with Gasteiger partial charge in [0.1, 0.15) is 5.82 Å². The van der Waals surface area contributed by atoms with Gasteiger partial charge in [0, 0.05) is 16.6 Å². The number of benzene rings is 2. The Morgan fingerprint density at radius 1 is 1.04 bits per heavy atom. The van der Waals surface area contributed by atoms with Gasteiger partial charge in [0.2, 0.25) is 0 Å². The third kappa shape index (κ3) is 4.17. The van der Waals surface area contributed by atoms with Gasteiger partial charge in [0.15, 0.2) is 5.13 Å². The average Bonchev–Trinajstić information content (AvgIpc) is 2.98. The highest BCUT2D eigenvalue weighted by atomic mass is 32.1. The van der Waals surface area contributed by atoms with E-state index in [1.807, 2.05) is 5.38 Å². The lowest BCUT2D eigenvalue weighted by Crippen LogP contribution is -1.93. The normalized spacial score (nSPS) is 11.0. The van der Waals surface area contributed by atoms with Crippen molar-refractivity contribution >= 4 is 22.2 Å². The Hall–Kier alpha value is -2.20. The maximum atomic E-state index is 12.9. The van der Waals surface area contributed by atoms with Gasteiger partial charge in [0.05, 0.1) is 5.69 Å². The molecule has 1 heterocycles. The number of nitrogens with one attached hydrogen (secondary N) is 1. The molecule has 4 heteroatoms. The van der Waals surface area contributed by atoms with Crippen molar-refractivity contribution in [1.29, 1.82) is 0 Å². The SMILES string of the molecule is CC(C)Cc1ccc(-c2csc(Nc3ccc(F)cc3)n2)cc1. The second kappa shape index (κ2) is 6.92. The molecule has 118 valence electrons. The van der Waals surface area contributed by atoms with Crippen LogP contribution in [0.1, 0.15) is 19.4 Å². The van der Waals surface area contributed by atoms with E-state index in [9.17, 15) is 4.39 Å². The lowest BCUT2D eigenvalue weighted by atomic mass is 10.0. The molecule has 0 fully saturated rings. The Morgan fingerprint density at radius 3 is 2.39 bits per heavy atom. The van der Waals surface area contributed by atoms with E-state index >= 15 is 0 Å². The van der Waals surface area contributed by atoms with Crippen molar-refractivity contribution in [2.45, 2.75) is 20.3 Å². The minimum atomic E-state index is -0.239. The van der Waals surface area contributed by atoms with Gasteiger partial charge in [0.25, 0.3) is 0 Å². The van der Waals surface area contributed by atoms with Crippen LogP contribution in [0.15, 0.2) is 53.9 Å². The summed E-state index contributed by atoms with van der Waals surface area (Å²) in [4.78, 5) is 4.60. The number of rotatable bonds is 5. The van der Waals surface area contributed by atoms with Gasteiger partial charge >= 0.3 is 0 Å². The van der Waals surface area contributed by atoms with Gasteiger partial charge in [-0.15, -0.1) is 11.3 Å². The molecule has 0 aliphatic heterocycles. The molecule has 0 saturated heterocycles. The van der Waals surface area contributed by atoms with Gasteiger partial charge in [-0.25, -0.2) is 9.37 Å². The van der Waals surface area contributed by atoms with E-state index in [1.54, 1.807) is 23.5 Å². The molecule has 2 aromatic carbocycles. The molecule has 2 nitrogen and oxygen atoms in total. The van der Waals surface area contributed by atoms with Gasteiger partial charge in [-0.1, -0.05) is 38.1 Å². The van der Waals surface area contributed by atoms with E-state index in [1.165, 1.54) is 17.7 Å². The first kappa shape index (κ1) is 15.7. The van der Waals surface area contributed by atoms with E-state index in [-0.39, 0.29) is 5.82 Å². The molecule has 23 heavy (non-hydrogen) atoms. The van der Waals surface area contributed by atoms with Crippen molar-refractivity contribution in [2.75, 3.05) is 5.32 Å². The van der Waals surface area contributed by atoms with E-state index in [0.29, 0.717) is 5.92 Å². The highest BCUT2D eigenvalue weighted by molar-refractivity contribution is 7.14. The van der Waals surface area contributed by atoms with Crippen LogP contribution in [-0.4, -0.2) is 4.98 Å². The molecule has 3 aromatic rings. The van der Waals surface area contributed by atoms with Crippen LogP contribution in [0, 0.1) is 11.7 Å². The summed E-state index contributed by atoms with van der Waals surface area (Å²) < 4.78 is 12.9. The van der Waals surface area contributed by atoms with Crippen LogP contribution < -0.4 is 5.32 Å². The molecule has 0 radical (unpaired) electrons. The molecule has 0 aliphatic carbocycles. The van der Waals surface area contributed by atoms with Crippen molar-refractivity contribution in [3.05, 3.63) is 65.3 Å². The molecule has 0 bridgehead atoms. The summed E-state index contributed by atoms with van der Waals surface area (Å²) in [5, 5.41) is 6.03. The number of hydrogen-bond donors (Lipinski definition) is 1. The van der Waals surface area contributed by atoms with Crippen LogP contribution in [0.5, 0.6) is 0 Å². The van der Waals surface area contributed by atoms with Crippen molar-refractivity contribution in [2.24, 2.45) is 5.92 Å². The average molecular weight is 326 g/mol. The third-order valence-electron chi connectivity index (χ3n) is 3.49. The largest absolute Gasteiger partial charge is 0.332 e. The lowest BCUT2D eigenvalue weighted by molar-refractivity contribution is 0.628. The molecule has 3 rings (SSSR count). The summed E-state index contributed by atoms with van der Waals surface area (Å²) in [6.07, 6.45) is 1.09. The summed E-state index contributed by atoms with van der Waals surface area (Å²) in [6.45, 7) is 4.45. The second-order valence-electron chi connectivity index (χ2n) is 5.96. The maximum Gasteiger partial charge on any atom is 0.187 e. The standard InChI is InChI=1S/C19H19FN2S/c1-13(2)11-14-3-5-15(6-4-14)18-12-23-19(22-18)21-17-9-7-16(20)8-10-17/h3-10,12-13H,11H2,1-2H3,(H,21,22). The molecule has 1 N–H and O–H groups in total. The molecule has 0 amide bonds. The first-order valence-electron chi connectivity index (χ1n) is 7.67. The zero-order valence-electron chi connectivity index (χ0n) is 13.2. The van der Waals surface area contributed by atoms with Crippen molar-refractivity contribution in [3.63, 3.8) is 0 Å². The Bertz CT molecular complexity index is 761. The fourth-order valence-electron chi connectivity index (χ4n) is 2.40. The lowest BCUT2D eigenvalue weighted by Gasteiger charge is -2.05. The van der Waals surface area contributed by atoms with E-state index in [0.717, 1.165) is 28.5 Å². The predicted molar refractivity (Wildman–Crippen MR) is 95.8 cm³/mol. The minimum absolute atomic E-state index is 0.239. The molecule has 0 saturated carbocycles. The van der Waals surface area contributed by atoms with Crippen LogP contribution in [-0.2, 0) is 6.42 Å². The Labute approximate surface area is 140 Å². The topological polar surface area (TPSA) is 24.9 Å². The summed E-state index contributed by atoms with van der Waals surface area (Å²) in [6, 6.07) is 14.9. The fraction of sp³-hybridized carbons (Fsp3) is 0.211. The number of halogens is 1. The minimum Gasteiger partial charge on any atom is -0.332 e. The highest BCUT2D eigenvalue weighted by Gasteiger charge is 2.06. The van der Waals surface area contributed by atoms with Gasteiger partial charge in [-0.2, -0.15) is 0 Å². The quantitative estimate of drug-likeness (QED) is 0.632. The van der Waals surface area contributed by atoms with Crippen LogP contribution in [0.4, 0.5) is 15.2 Å². The molecular weight excluding hydrogens is 307 g/mol.